The first-order valence-electron chi connectivity index (χ1n) is 5.66. The van der Waals surface area contributed by atoms with Crippen molar-refractivity contribution in [3.8, 4) is 0 Å². The molecule has 5 nitrogen and oxygen atoms in total. The molecule has 0 fully saturated rings. The number of amidine groups is 2. The summed E-state index contributed by atoms with van der Waals surface area (Å²) in [5.41, 5.74) is 6.47. The third-order valence-electron chi connectivity index (χ3n) is 2.31. The topological polar surface area (TPSA) is 76.8 Å². The molecule has 0 atom stereocenters. The Labute approximate surface area is 109 Å². The third-order valence-corrected chi connectivity index (χ3v) is 2.31. The van der Waals surface area contributed by atoms with Crippen LogP contribution in [-0.2, 0) is 6.54 Å². The number of nitrogens with zero attached hydrogens (tertiary/aromatic N) is 3. The van der Waals surface area contributed by atoms with Gasteiger partial charge in [-0.25, -0.2) is 9.38 Å². The van der Waals surface area contributed by atoms with Crippen LogP contribution in [0.3, 0.4) is 0 Å². The van der Waals surface area contributed by atoms with Crippen molar-refractivity contribution in [2.24, 2.45) is 15.7 Å². The van der Waals surface area contributed by atoms with Crippen LogP contribution in [0.15, 0.2) is 51.1 Å². The van der Waals surface area contributed by atoms with Crippen LogP contribution in [0.1, 0.15) is 18.2 Å². The zero-order valence-corrected chi connectivity index (χ0v) is 10.4. The molecule has 0 aliphatic heterocycles. The van der Waals surface area contributed by atoms with Gasteiger partial charge in [-0.1, -0.05) is 23.4 Å². The molecule has 0 unspecified atom stereocenters. The minimum atomic E-state index is -0.306. The fourth-order valence-electron chi connectivity index (χ4n) is 1.46. The summed E-state index contributed by atoms with van der Waals surface area (Å²) in [4.78, 5) is 8.29. The van der Waals surface area contributed by atoms with Crippen LogP contribution in [0.5, 0.6) is 0 Å². The highest BCUT2D eigenvalue weighted by Gasteiger charge is 2.07. The average molecular weight is 260 g/mol. The molecule has 0 amide bonds. The van der Waals surface area contributed by atoms with Gasteiger partial charge in [0.1, 0.15) is 12.1 Å². The van der Waals surface area contributed by atoms with Crippen LogP contribution in [0, 0.1) is 5.82 Å². The number of nitrogens with two attached hydrogens (primary N) is 1. The van der Waals surface area contributed by atoms with Crippen molar-refractivity contribution in [2.45, 2.75) is 13.5 Å². The van der Waals surface area contributed by atoms with Gasteiger partial charge in [0, 0.05) is 11.6 Å². The lowest BCUT2D eigenvalue weighted by atomic mass is 10.2. The van der Waals surface area contributed by atoms with Gasteiger partial charge in [-0.05, 0) is 13.0 Å². The van der Waals surface area contributed by atoms with E-state index in [1.807, 2.05) is 0 Å². The molecule has 0 spiro atoms. The van der Waals surface area contributed by atoms with Gasteiger partial charge in [0.15, 0.2) is 11.5 Å². The molecule has 1 aromatic carbocycles. The van der Waals surface area contributed by atoms with Crippen molar-refractivity contribution in [3.05, 3.63) is 53.7 Å². The highest BCUT2D eigenvalue weighted by molar-refractivity contribution is 6.04. The van der Waals surface area contributed by atoms with E-state index in [0.29, 0.717) is 22.9 Å². The van der Waals surface area contributed by atoms with Crippen LogP contribution in [-0.4, -0.2) is 16.8 Å². The van der Waals surface area contributed by atoms with Crippen molar-refractivity contribution in [1.82, 2.24) is 5.16 Å². The Kier molecular flexibility index (Phi) is 4.02. The molecular weight excluding hydrogens is 247 g/mol. The molecule has 0 radical (unpaired) electrons. The zero-order chi connectivity index (χ0) is 13.7. The largest absolute Gasteiger partial charge is 0.387 e. The summed E-state index contributed by atoms with van der Waals surface area (Å²) in [6, 6.07) is 8.05. The summed E-state index contributed by atoms with van der Waals surface area (Å²) in [6.45, 7) is 1.80. The fourth-order valence-corrected chi connectivity index (χ4v) is 1.46. The Morgan fingerprint density at radius 3 is 2.79 bits per heavy atom. The van der Waals surface area contributed by atoms with Gasteiger partial charge >= 0.3 is 0 Å². The van der Waals surface area contributed by atoms with Crippen LogP contribution in [0.25, 0.3) is 0 Å². The van der Waals surface area contributed by atoms with Gasteiger partial charge in [0.05, 0.1) is 12.4 Å². The van der Waals surface area contributed by atoms with Gasteiger partial charge in [-0.2, -0.15) is 0 Å². The van der Waals surface area contributed by atoms with Crippen molar-refractivity contribution in [2.75, 3.05) is 0 Å². The van der Waals surface area contributed by atoms with Gasteiger partial charge in [0.25, 0.3) is 0 Å². The van der Waals surface area contributed by atoms with E-state index in [-0.39, 0.29) is 12.4 Å². The minimum Gasteiger partial charge on any atom is -0.387 e. The molecule has 98 valence electrons. The number of benzene rings is 1. The summed E-state index contributed by atoms with van der Waals surface area (Å²) in [6.07, 6.45) is 1.41. The quantitative estimate of drug-likeness (QED) is 0.678. The van der Waals surface area contributed by atoms with Crippen LogP contribution in [0.4, 0.5) is 4.39 Å². The molecule has 2 N–H and O–H groups in total. The first-order valence-corrected chi connectivity index (χ1v) is 5.66. The van der Waals surface area contributed by atoms with E-state index in [9.17, 15) is 4.39 Å². The second kappa shape index (κ2) is 5.90. The lowest BCUT2D eigenvalue weighted by Gasteiger charge is -2.00. The lowest BCUT2D eigenvalue weighted by molar-refractivity contribution is 0.418. The van der Waals surface area contributed by atoms with Gasteiger partial charge in [0.2, 0.25) is 0 Å². The number of aromatic nitrogens is 1. The molecule has 2 rings (SSSR count). The predicted octanol–water partition coefficient (Wildman–Crippen LogP) is 2.14. The maximum Gasteiger partial charge on any atom is 0.179 e. The summed E-state index contributed by atoms with van der Waals surface area (Å²) in [7, 11) is 0. The van der Waals surface area contributed by atoms with Crippen molar-refractivity contribution >= 4 is 11.7 Å². The maximum atomic E-state index is 13.5. The van der Waals surface area contributed by atoms with Gasteiger partial charge < -0.3 is 10.3 Å². The smallest absolute Gasteiger partial charge is 0.179 e. The van der Waals surface area contributed by atoms with Crippen LogP contribution < -0.4 is 5.73 Å². The number of rotatable bonds is 3. The standard InChI is InChI=1S/C13H13FN4O/c1-9(15)17-13(12-6-7-19-18-12)16-8-10-4-2-3-5-11(10)14/h2-7H,8H2,1H3,(H2,15,16,17). The molecule has 1 heterocycles. The average Bonchev–Trinajstić information content (AvgIpc) is 2.89. The van der Waals surface area contributed by atoms with Gasteiger partial charge in [-0.3, -0.25) is 4.99 Å². The zero-order valence-electron chi connectivity index (χ0n) is 10.4. The van der Waals surface area contributed by atoms with Crippen molar-refractivity contribution in [1.29, 1.82) is 0 Å². The Bertz CT molecular complexity index is 601. The fraction of sp³-hybridized carbons (Fsp3) is 0.154. The summed E-state index contributed by atoms with van der Waals surface area (Å²) < 4.78 is 18.2. The van der Waals surface area contributed by atoms with E-state index in [2.05, 4.69) is 15.1 Å². The number of aliphatic imine (C=N–C) groups is 2. The Balaban J connectivity index is 2.27. The Morgan fingerprint density at radius 1 is 1.37 bits per heavy atom. The van der Waals surface area contributed by atoms with Crippen molar-refractivity contribution in [3.63, 3.8) is 0 Å². The molecule has 6 heteroatoms. The molecule has 0 bridgehead atoms. The first-order chi connectivity index (χ1) is 9.16. The van der Waals surface area contributed by atoms with Crippen LogP contribution >= 0.6 is 0 Å². The molecule has 2 aromatic rings. The first kappa shape index (κ1) is 12.9. The minimum absolute atomic E-state index is 0.158. The second-order valence-corrected chi connectivity index (χ2v) is 3.87. The van der Waals surface area contributed by atoms with Gasteiger partial charge in [-0.15, -0.1) is 0 Å². The molecule has 0 aliphatic carbocycles. The Hall–Kier alpha value is -2.50. The van der Waals surface area contributed by atoms with E-state index < -0.39 is 0 Å². The molecule has 0 saturated carbocycles. The highest BCUT2D eigenvalue weighted by Crippen LogP contribution is 2.09. The SMILES string of the molecule is CC(N)=NC(=NCc1ccccc1F)c1ccon1. The second-order valence-electron chi connectivity index (χ2n) is 3.87. The number of hydrogen-bond donors (Lipinski definition) is 1. The molecule has 0 aliphatic rings. The molecular formula is C13H13FN4O. The maximum absolute atomic E-state index is 13.5. The lowest BCUT2D eigenvalue weighted by Crippen LogP contribution is -2.10. The molecule has 19 heavy (non-hydrogen) atoms. The molecule has 0 saturated heterocycles. The predicted molar refractivity (Wildman–Crippen MR) is 70.4 cm³/mol. The summed E-state index contributed by atoms with van der Waals surface area (Å²) in [5.74, 6) is 0.353. The number of hydrogen-bond acceptors (Lipinski definition) is 3. The summed E-state index contributed by atoms with van der Waals surface area (Å²) >= 11 is 0. The van der Waals surface area contributed by atoms with E-state index in [1.165, 1.54) is 12.3 Å². The van der Waals surface area contributed by atoms with E-state index in [0.717, 1.165) is 0 Å². The highest BCUT2D eigenvalue weighted by atomic mass is 19.1. The Morgan fingerprint density at radius 2 is 2.16 bits per heavy atom. The van der Waals surface area contributed by atoms with Crippen LogP contribution in [0.2, 0.25) is 0 Å². The van der Waals surface area contributed by atoms with E-state index >= 15 is 0 Å². The third kappa shape index (κ3) is 3.48. The van der Waals surface area contributed by atoms with Crippen molar-refractivity contribution < 1.29 is 8.91 Å². The van der Waals surface area contributed by atoms with E-state index in [1.54, 1.807) is 31.2 Å². The number of halogens is 1. The van der Waals surface area contributed by atoms with E-state index in [4.69, 9.17) is 10.3 Å². The molecule has 1 aromatic heterocycles. The summed E-state index contributed by atoms with van der Waals surface area (Å²) in [5, 5.41) is 3.74. The monoisotopic (exact) mass is 260 g/mol. The normalized spacial score (nSPS) is 12.7.